The highest BCUT2D eigenvalue weighted by atomic mass is 32.1. The zero-order valence-corrected chi connectivity index (χ0v) is 17.8. The summed E-state index contributed by atoms with van der Waals surface area (Å²) in [6, 6.07) is 12.7. The third-order valence-corrected chi connectivity index (χ3v) is 6.24. The molecule has 0 radical (unpaired) electrons. The Morgan fingerprint density at radius 3 is 2.07 bits per heavy atom. The van der Waals surface area contributed by atoms with Crippen molar-refractivity contribution in [3.05, 3.63) is 47.3 Å². The fourth-order valence-electron chi connectivity index (χ4n) is 3.66. The molecule has 0 saturated heterocycles. The van der Waals surface area contributed by atoms with Gasteiger partial charge in [-0.2, -0.15) is 0 Å². The summed E-state index contributed by atoms with van der Waals surface area (Å²) in [6.07, 6.45) is 5.04. The van der Waals surface area contributed by atoms with Crippen molar-refractivity contribution in [1.82, 2.24) is 0 Å². The van der Waals surface area contributed by atoms with Crippen molar-refractivity contribution in [1.29, 1.82) is 0 Å². The van der Waals surface area contributed by atoms with Gasteiger partial charge in [0.1, 0.15) is 11.5 Å². The average Bonchev–Trinajstić information content (AvgIpc) is 3.18. The maximum Gasteiger partial charge on any atom is 0.151 e. The minimum absolute atomic E-state index is 0.637. The second-order valence-electron chi connectivity index (χ2n) is 7.32. The second-order valence-corrected chi connectivity index (χ2v) is 8.20. The molecule has 4 heteroatoms. The lowest BCUT2D eigenvalue weighted by Crippen LogP contribution is -2.01. The van der Waals surface area contributed by atoms with Gasteiger partial charge in [-0.1, -0.05) is 51.0 Å². The number of aldehydes is 1. The van der Waals surface area contributed by atoms with Crippen molar-refractivity contribution in [3.8, 4) is 11.5 Å². The number of carbonyl (C=O) groups excluding carboxylic acids is 1. The van der Waals surface area contributed by atoms with E-state index in [0.29, 0.717) is 18.8 Å². The van der Waals surface area contributed by atoms with Gasteiger partial charge >= 0.3 is 0 Å². The van der Waals surface area contributed by atoms with Gasteiger partial charge in [0.2, 0.25) is 0 Å². The van der Waals surface area contributed by atoms with E-state index in [1.54, 1.807) is 11.3 Å². The molecule has 0 saturated carbocycles. The summed E-state index contributed by atoms with van der Waals surface area (Å²) in [5.74, 6) is 1.68. The molecule has 29 heavy (non-hydrogen) atoms. The van der Waals surface area contributed by atoms with Crippen LogP contribution >= 0.6 is 11.3 Å². The lowest BCUT2D eigenvalue weighted by atomic mass is 9.99. The monoisotopic (exact) mass is 406 g/mol. The van der Waals surface area contributed by atoms with E-state index in [9.17, 15) is 4.79 Å². The van der Waals surface area contributed by atoms with Crippen LogP contribution in [-0.4, -0.2) is 19.5 Å². The molecule has 0 unspecified atom stereocenters. The molecule has 0 N–H and O–H groups in total. The van der Waals surface area contributed by atoms with E-state index >= 15 is 0 Å². The van der Waals surface area contributed by atoms with E-state index < -0.39 is 0 Å². The number of benzene rings is 3. The smallest absolute Gasteiger partial charge is 0.151 e. The summed E-state index contributed by atoms with van der Waals surface area (Å²) < 4.78 is 13.6. The molecule has 0 aliphatic heterocycles. The number of thiophene rings is 1. The Morgan fingerprint density at radius 1 is 0.897 bits per heavy atom. The van der Waals surface area contributed by atoms with E-state index in [4.69, 9.17) is 9.47 Å². The van der Waals surface area contributed by atoms with Crippen LogP contribution in [0.3, 0.4) is 0 Å². The van der Waals surface area contributed by atoms with Crippen LogP contribution in [-0.2, 0) is 0 Å². The zero-order chi connectivity index (χ0) is 20.2. The molecule has 0 amide bonds. The Labute approximate surface area is 175 Å². The van der Waals surface area contributed by atoms with Crippen molar-refractivity contribution < 1.29 is 14.3 Å². The van der Waals surface area contributed by atoms with Crippen molar-refractivity contribution in [2.45, 2.75) is 39.5 Å². The SMILES string of the molecule is CCCCOc1c2cc3ccccc3cc2c(OCCCC)c2c(C=O)csc12. The summed E-state index contributed by atoms with van der Waals surface area (Å²) in [7, 11) is 0. The Morgan fingerprint density at radius 2 is 1.48 bits per heavy atom. The molecule has 4 aromatic rings. The lowest BCUT2D eigenvalue weighted by molar-refractivity contribution is 0.112. The highest BCUT2D eigenvalue weighted by Crippen LogP contribution is 2.48. The van der Waals surface area contributed by atoms with Crippen molar-refractivity contribution in [2.75, 3.05) is 13.2 Å². The number of carbonyl (C=O) groups is 1. The summed E-state index contributed by atoms with van der Waals surface area (Å²) in [4.78, 5) is 11.8. The first-order valence-electron chi connectivity index (χ1n) is 10.4. The van der Waals surface area contributed by atoms with Gasteiger partial charge in [0, 0.05) is 27.1 Å². The quantitative estimate of drug-likeness (QED) is 0.165. The predicted molar refractivity (Wildman–Crippen MR) is 123 cm³/mol. The van der Waals surface area contributed by atoms with Gasteiger partial charge < -0.3 is 9.47 Å². The molecule has 1 aromatic heterocycles. The van der Waals surface area contributed by atoms with Crippen LogP contribution in [0.1, 0.15) is 49.9 Å². The summed E-state index contributed by atoms with van der Waals surface area (Å²) >= 11 is 1.56. The third kappa shape index (κ3) is 3.69. The van der Waals surface area contributed by atoms with Gasteiger partial charge in [0.05, 0.1) is 17.9 Å². The Balaban J connectivity index is 2.04. The number of hydrogen-bond acceptors (Lipinski definition) is 4. The Kier molecular flexibility index (Phi) is 6.00. The van der Waals surface area contributed by atoms with E-state index in [2.05, 4.69) is 44.2 Å². The van der Waals surface area contributed by atoms with Crippen molar-refractivity contribution in [3.63, 3.8) is 0 Å². The number of rotatable bonds is 9. The molecule has 150 valence electrons. The molecule has 0 bridgehead atoms. The number of unbranched alkanes of at least 4 members (excludes halogenated alkanes) is 2. The highest BCUT2D eigenvalue weighted by molar-refractivity contribution is 7.18. The van der Waals surface area contributed by atoms with Crippen LogP contribution in [0.4, 0.5) is 0 Å². The third-order valence-electron chi connectivity index (χ3n) is 5.24. The van der Waals surface area contributed by atoms with Crippen LogP contribution in [0.5, 0.6) is 11.5 Å². The maximum atomic E-state index is 11.8. The number of hydrogen-bond donors (Lipinski definition) is 0. The minimum atomic E-state index is 0.637. The first kappa shape index (κ1) is 19.7. The van der Waals surface area contributed by atoms with Crippen LogP contribution in [0, 0.1) is 0 Å². The van der Waals surface area contributed by atoms with Gasteiger partial charge in [0.25, 0.3) is 0 Å². The normalized spacial score (nSPS) is 11.4. The molecule has 0 aliphatic carbocycles. The second kappa shape index (κ2) is 8.83. The molecule has 1 heterocycles. The van der Waals surface area contributed by atoms with Crippen LogP contribution in [0.2, 0.25) is 0 Å². The first-order chi connectivity index (χ1) is 14.3. The van der Waals surface area contributed by atoms with Gasteiger partial charge in [0.15, 0.2) is 6.29 Å². The van der Waals surface area contributed by atoms with E-state index in [0.717, 1.165) is 69.7 Å². The van der Waals surface area contributed by atoms with Gasteiger partial charge in [-0.3, -0.25) is 4.79 Å². The van der Waals surface area contributed by atoms with Crippen LogP contribution in [0.15, 0.2) is 41.8 Å². The fourth-order valence-corrected chi connectivity index (χ4v) is 4.69. The predicted octanol–water partition coefficient (Wildman–Crippen LogP) is 7.38. The number of fused-ring (bicyclic) bond motifs is 3. The molecule has 3 nitrogen and oxygen atoms in total. The summed E-state index contributed by atoms with van der Waals surface area (Å²) in [5, 5.41) is 7.19. The van der Waals surface area contributed by atoms with E-state index in [-0.39, 0.29) is 0 Å². The van der Waals surface area contributed by atoms with E-state index in [1.807, 2.05) is 11.4 Å². The topological polar surface area (TPSA) is 35.5 Å². The molecule has 4 rings (SSSR count). The molecule has 0 spiro atoms. The van der Waals surface area contributed by atoms with Crippen molar-refractivity contribution in [2.24, 2.45) is 0 Å². The first-order valence-corrected chi connectivity index (χ1v) is 11.3. The summed E-state index contributed by atoms with van der Waals surface area (Å²) in [6.45, 7) is 5.61. The standard InChI is InChI=1S/C25H26O3S/c1-3-5-11-27-23-20-13-17-9-7-8-10-18(17)14-21(20)24(28-12-6-4-2)25-22(23)19(15-26)16-29-25/h7-10,13-16H,3-6,11-12H2,1-2H3. The van der Waals surface area contributed by atoms with Crippen LogP contribution < -0.4 is 9.47 Å². The van der Waals surface area contributed by atoms with E-state index in [1.165, 1.54) is 5.39 Å². The lowest BCUT2D eigenvalue weighted by Gasteiger charge is -2.17. The number of ether oxygens (including phenoxy) is 2. The fraction of sp³-hybridized carbons (Fsp3) is 0.320. The van der Waals surface area contributed by atoms with Gasteiger partial charge in [-0.25, -0.2) is 0 Å². The molecule has 3 aromatic carbocycles. The Bertz CT molecular complexity index is 1160. The van der Waals surface area contributed by atoms with Gasteiger partial charge in [-0.05, 0) is 35.7 Å². The van der Waals surface area contributed by atoms with Gasteiger partial charge in [-0.15, -0.1) is 11.3 Å². The summed E-state index contributed by atoms with van der Waals surface area (Å²) in [5.41, 5.74) is 0.673. The molecule has 0 fully saturated rings. The van der Waals surface area contributed by atoms with Crippen LogP contribution in [0.25, 0.3) is 31.6 Å². The molecular formula is C25H26O3S. The molecule has 0 aliphatic rings. The van der Waals surface area contributed by atoms with Crippen molar-refractivity contribution >= 4 is 49.3 Å². The highest BCUT2D eigenvalue weighted by Gasteiger charge is 2.21. The zero-order valence-electron chi connectivity index (χ0n) is 17.0. The average molecular weight is 407 g/mol. The maximum absolute atomic E-state index is 11.8. The minimum Gasteiger partial charge on any atom is -0.492 e. The molecule has 0 atom stereocenters. The molecular weight excluding hydrogens is 380 g/mol. The largest absolute Gasteiger partial charge is 0.492 e. The Hall–Kier alpha value is -2.59.